The summed E-state index contributed by atoms with van der Waals surface area (Å²) in [7, 11) is 0. The van der Waals surface area contributed by atoms with Crippen LogP contribution in [0.4, 0.5) is 4.79 Å². The largest absolute Gasteiger partial charge is 0.508 e. The summed E-state index contributed by atoms with van der Waals surface area (Å²) in [5.74, 6) is 1.03. The van der Waals surface area contributed by atoms with E-state index in [9.17, 15) is 5.11 Å². The van der Waals surface area contributed by atoms with Crippen molar-refractivity contribution in [2.45, 2.75) is 26.7 Å². The summed E-state index contributed by atoms with van der Waals surface area (Å²) >= 11 is 0. The number of rotatable bonds is 4. The molecule has 2 aromatic carbocycles. The molecule has 0 bridgehead atoms. The van der Waals surface area contributed by atoms with Crippen LogP contribution in [0.25, 0.3) is 0 Å². The fourth-order valence-corrected chi connectivity index (χ4v) is 2.23. The Morgan fingerprint density at radius 1 is 0.909 bits per heavy atom. The van der Waals surface area contributed by atoms with Crippen molar-refractivity contribution < 1.29 is 20.1 Å². The van der Waals surface area contributed by atoms with Crippen molar-refractivity contribution in [1.82, 2.24) is 0 Å². The molecule has 0 aliphatic heterocycles. The molecule has 4 nitrogen and oxygen atoms in total. The predicted octanol–water partition coefficient (Wildman–Crippen LogP) is 4.40. The topological polar surface area (TPSA) is 77.8 Å². The lowest BCUT2D eigenvalue weighted by molar-refractivity contribution is 0.137. The molecule has 0 radical (unpaired) electrons. The third-order valence-electron chi connectivity index (χ3n) is 3.12. The van der Waals surface area contributed by atoms with Crippen molar-refractivity contribution in [3.05, 3.63) is 65.2 Å². The van der Waals surface area contributed by atoms with Crippen LogP contribution in [-0.4, -0.2) is 21.5 Å². The van der Waals surface area contributed by atoms with E-state index in [0.717, 1.165) is 18.4 Å². The Morgan fingerprint density at radius 2 is 1.36 bits per heavy atom. The van der Waals surface area contributed by atoms with Crippen molar-refractivity contribution >= 4 is 6.16 Å². The highest BCUT2D eigenvalue weighted by molar-refractivity contribution is 5.53. The van der Waals surface area contributed by atoms with Crippen LogP contribution in [0.2, 0.25) is 0 Å². The summed E-state index contributed by atoms with van der Waals surface area (Å²) in [6.45, 7) is 4.47. The van der Waals surface area contributed by atoms with Gasteiger partial charge < -0.3 is 15.3 Å². The van der Waals surface area contributed by atoms with Gasteiger partial charge in [-0.3, -0.25) is 0 Å². The van der Waals surface area contributed by atoms with E-state index in [1.54, 1.807) is 6.07 Å². The Hall–Kier alpha value is -2.49. The van der Waals surface area contributed by atoms with Gasteiger partial charge in [-0.1, -0.05) is 56.3 Å². The zero-order chi connectivity index (χ0) is 16.5. The molecular weight excluding hydrogens is 280 g/mol. The fraction of sp³-hybridized carbons (Fsp3) is 0.278. The van der Waals surface area contributed by atoms with E-state index in [-0.39, 0.29) is 0 Å². The number of hydrogen-bond donors (Lipinski definition) is 3. The third-order valence-corrected chi connectivity index (χ3v) is 3.12. The minimum Gasteiger partial charge on any atom is -0.508 e. The first kappa shape index (κ1) is 17.6. The van der Waals surface area contributed by atoms with Crippen molar-refractivity contribution in [3.8, 4) is 5.75 Å². The maximum atomic E-state index is 9.84. The van der Waals surface area contributed by atoms with Gasteiger partial charge in [-0.05, 0) is 35.1 Å². The molecule has 0 atom stereocenters. The van der Waals surface area contributed by atoms with Gasteiger partial charge in [0.1, 0.15) is 5.75 Å². The molecule has 0 aliphatic rings. The van der Waals surface area contributed by atoms with Crippen LogP contribution in [-0.2, 0) is 12.8 Å². The van der Waals surface area contributed by atoms with Crippen LogP contribution >= 0.6 is 0 Å². The Kier molecular flexibility index (Phi) is 6.96. The molecule has 2 aromatic rings. The molecular formula is C18H22O4. The van der Waals surface area contributed by atoms with E-state index in [1.807, 2.05) is 18.2 Å². The molecule has 4 heteroatoms. The first-order valence-corrected chi connectivity index (χ1v) is 7.15. The highest BCUT2D eigenvalue weighted by Gasteiger charge is 2.07. The van der Waals surface area contributed by atoms with Gasteiger partial charge >= 0.3 is 6.16 Å². The van der Waals surface area contributed by atoms with E-state index in [4.69, 9.17) is 15.0 Å². The molecule has 3 N–H and O–H groups in total. The van der Waals surface area contributed by atoms with Crippen LogP contribution in [0, 0.1) is 5.92 Å². The molecule has 0 aliphatic carbocycles. The molecule has 0 unspecified atom stereocenters. The molecule has 0 amide bonds. The highest BCUT2D eigenvalue weighted by Crippen LogP contribution is 2.22. The summed E-state index contributed by atoms with van der Waals surface area (Å²) in [5.41, 5.74) is 3.69. The van der Waals surface area contributed by atoms with Crippen molar-refractivity contribution in [2.24, 2.45) is 5.92 Å². The summed E-state index contributed by atoms with van der Waals surface area (Å²) in [5, 5.41) is 23.8. The number of phenolic OH excluding ortho intramolecular Hbond substituents is 1. The molecule has 2 rings (SSSR count). The van der Waals surface area contributed by atoms with E-state index < -0.39 is 6.16 Å². The van der Waals surface area contributed by atoms with Crippen LogP contribution in [0.5, 0.6) is 5.75 Å². The maximum absolute atomic E-state index is 9.84. The van der Waals surface area contributed by atoms with E-state index in [1.165, 1.54) is 11.1 Å². The maximum Gasteiger partial charge on any atom is 0.503 e. The molecule has 0 aromatic heterocycles. The van der Waals surface area contributed by atoms with Gasteiger partial charge in [0.05, 0.1) is 0 Å². The lowest BCUT2D eigenvalue weighted by atomic mass is 9.94. The van der Waals surface area contributed by atoms with Gasteiger partial charge in [0, 0.05) is 6.42 Å². The van der Waals surface area contributed by atoms with E-state index in [0.29, 0.717) is 11.7 Å². The second-order valence-corrected chi connectivity index (χ2v) is 5.45. The quantitative estimate of drug-likeness (QED) is 0.782. The highest BCUT2D eigenvalue weighted by atomic mass is 16.6. The molecule has 118 valence electrons. The van der Waals surface area contributed by atoms with Crippen molar-refractivity contribution in [1.29, 1.82) is 0 Å². The van der Waals surface area contributed by atoms with Gasteiger partial charge in [-0.15, -0.1) is 0 Å². The normalized spacial score (nSPS) is 9.95. The lowest BCUT2D eigenvalue weighted by Gasteiger charge is -2.12. The Bertz CT molecular complexity index is 602. The second kappa shape index (κ2) is 8.72. The number of carboxylic acid groups (broad SMARTS) is 2. The van der Waals surface area contributed by atoms with Gasteiger partial charge in [0.25, 0.3) is 0 Å². The SMILES string of the molecule is CC(C)Cc1ccccc1Cc1ccccc1O.O=C(O)O. The molecule has 0 saturated carbocycles. The van der Waals surface area contributed by atoms with Crippen LogP contribution in [0.15, 0.2) is 48.5 Å². The standard InChI is InChI=1S/C17H20O.CH2O3/c1-13(2)11-14-7-3-4-8-15(14)12-16-9-5-6-10-17(16)18;2-1(3)4/h3-10,13,18H,11-12H2,1-2H3;(H2,2,3,4). The number of benzene rings is 2. The minimum absolute atomic E-state index is 0.386. The average molecular weight is 302 g/mol. The lowest BCUT2D eigenvalue weighted by Crippen LogP contribution is -2.00. The summed E-state index contributed by atoms with van der Waals surface area (Å²) < 4.78 is 0. The Labute approximate surface area is 130 Å². The minimum atomic E-state index is -1.83. The van der Waals surface area contributed by atoms with Crippen LogP contribution < -0.4 is 0 Å². The molecule has 0 spiro atoms. The van der Waals surface area contributed by atoms with Crippen LogP contribution in [0.3, 0.4) is 0 Å². The van der Waals surface area contributed by atoms with Gasteiger partial charge in [0.2, 0.25) is 0 Å². The van der Waals surface area contributed by atoms with E-state index in [2.05, 4.69) is 38.1 Å². The fourth-order valence-electron chi connectivity index (χ4n) is 2.23. The average Bonchev–Trinajstić information content (AvgIpc) is 2.42. The molecule has 22 heavy (non-hydrogen) atoms. The first-order valence-electron chi connectivity index (χ1n) is 7.15. The smallest absolute Gasteiger partial charge is 0.503 e. The number of hydrogen-bond acceptors (Lipinski definition) is 2. The molecule has 0 saturated heterocycles. The zero-order valence-corrected chi connectivity index (χ0v) is 12.9. The molecule has 0 fully saturated rings. The molecule has 0 heterocycles. The summed E-state index contributed by atoms with van der Waals surface area (Å²) in [6, 6.07) is 16.1. The van der Waals surface area contributed by atoms with Gasteiger partial charge in [-0.2, -0.15) is 0 Å². The summed E-state index contributed by atoms with van der Waals surface area (Å²) in [4.78, 5) is 8.56. The second-order valence-electron chi connectivity index (χ2n) is 5.45. The third kappa shape index (κ3) is 6.31. The van der Waals surface area contributed by atoms with Crippen LogP contribution in [0.1, 0.15) is 30.5 Å². The zero-order valence-electron chi connectivity index (χ0n) is 12.9. The number of phenols is 1. The first-order chi connectivity index (χ1) is 10.4. The van der Waals surface area contributed by atoms with Crippen molar-refractivity contribution in [3.63, 3.8) is 0 Å². The Morgan fingerprint density at radius 3 is 1.86 bits per heavy atom. The number of para-hydroxylation sites is 1. The van der Waals surface area contributed by atoms with Gasteiger partial charge in [0.15, 0.2) is 0 Å². The summed E-state index contributed by atoms with van der Waals surface area (Å²) in [6.07, 6.45) is 0.0549. The number of carbonyl (C=O) groups is 1. The van der Waals surface area contributed by atoms with E-state index >= 15 is 0 Å². The number of aromatic hydroxyl groups is 1. The Balaban J connectivity index is 0.000000541. The van der Waals surface area contributed by atoms with Gasteiger partial charge in [-0.25, -0.2) is 4.79 Å². The van der Waals surface area contributed by atoms with Crippen molar-refractivity contribution in [2.75, 3.05) is 0 Å². The monoisotopic (exact) mass is 302 g/mol. The predicted molar refractivity (Wildman–Crippen MR) is 86.6 cm³/mol.